The van der Waals surface area contributed by atoms with Crippen molar-refractivity contribution in [3.05, 3.63) is 59.7 Å². The fraction of sp³-hybridized carbons (Fsp3) is 0.435. The van der Waals surface area contributed by atoms with Crippen LogP contribution in [0.2, 0.25) is 0 Å². The molecule has 1 fully saturated rings. The molecule has 6 heteroatoms. The van der Waals surface area contributed by atoms with E-state index in [2.05, 4.69) is 22.3 Å². The Morgan fingerprint density at radius 2 is 1.76 bits per heavy atom. The number of nitrogens with zero attached hydrogens (tertiary/aromatic N) is 1. The summed E-state index contributed by atoms with van der Waals surface area (Å²) in [5.74, 6) is -0.423. The van der Waals surface area contributed by atoms with Crippen LogP contribution in [0.5, 0.6) is 5.75 Å². The number of rotatable bonds is 7. The number of carbonyl (C=O) groups excluding carboxylic acids is 1. The third-order valence-electron chi connectivity index (χ3n) is 5.79. The second kappa shape index (κ2) is 9.83. The number of carbonyl (C=O) groups is 1. The first-order valence-electron chi connectivity index (χ1n) is 10.1. The predicted molar refractivity (Wildman–Crippen MR) is 110 cm³/mol. The largest absolute Gasteiger partial charge is 0.497 e. The topological polar surface area (TPSA) is 41.6 Å². The molecule has 2 aromatic carbocycles. The smallest absolute Gasteiger partial charge is 0.241 e. The number of hydrogen-bond acceptors (Lipinski definition) is 3. The zero-order chi connectivity index (χ0) is 20.8. The van der Waals surface area contributed by atoms with Crippen LogP contribution in [0, 0.1) is 17.6 Å². The van der Waals surface area contributed by atoms with Crippen LogP contribution in [0.15, 0.2) is 42.5 Å². The normalized spacial score (nSPS) is 16.4. The molecule has 29 heavy (non-hydrogen) atoms. The lowest BCUT2D eigenvalue weighted by molar-refractivity contribution is -0.121. The highest BCUT2D eigenvalue weighted by Gasteiger charge is 2.27. The molecule has 0 bridgehead atoms. The summed E-state index contributed by atoms with van der Waals surface area (Å²) in [6, 6.07) is 11.3. The molecule has 4 nitrogen and oxygen atoms in total. The third-order valence-corrected chi connectivity index (χ3v) is 5.79. The van der Waals surface area contributed by atoms with Crippen LogP contribution in [0.4, 0.5) is 14.5 Å². The first kappa shape index (κ1) is 21.2. The molecule has 1 heterocycles. The van der Waals surface area contributed by atoms with Crippen LogP contribution < -0.4 is 10.1 Å². The number of benzene rings is 2. The van der Waals surface area contributed by atoms with Gasteiger partial charge in [-0.3, -0.25) is 9.69 Å². The lowest BCUT2D eigenvalue weighted by Crippen LogP contribution is -2.46. The van der Waals surface area contributed by atoms with E-state index in [9.17, 15) is 13.6 Å². The Balaban J connectivity index is 1.46. The van der Waals surface area contributed by atoms with Gasteiger partial charge < -0.3 is 10.1 Å². The molecule has 1 amide bonds. The molecule has 0 radical (unpaired) electrons. The first-order chi connectivity index (χ1) is 14.0. The van der Waals surface area contributed by atoms with Crippen LogP contribution in [-0.4, -0.2) is 37.0 Å². The zero-order valence-electron chi connectivity index (χ0n) is 17.0. The minimum Gasteiger partial charge on any atom is -0.497 e. The van der Waals surface area contributed by atoms with Gasteiger partial charge in [0.2, 0.25) is 5.91 Å². The summed E-state index contributed by atoms with van der Waals surface area (Å²) in [7, 11) is 1.66. The Morgan fingerprint density at radius 1 is 1.14 bits per heavy atom. The van der Waals surface area contributed by atoms with E-state index in [-0.39, 0.29) is 11.6 Å². The van der Waals surface area contributed by atoms with E-state index in [1.165, 1.54) is 11.6 Å². The Bertz CT molecular complexity index is 798. The quantitative estimate of drug-likeness (QED) is 0.733. The standard InChI is InChI=1S/C23H28F2N2O2/c1-16(23(28)26-22-20(24)4-3-5-21(22)25)27-14-12-18(13-15-27)7-6-17-8-10-19(29-2)11-9-17/h3-5,8-11,16,18H,6-7,12-15H2,1-2H3,(H,26,28)/t16-/m1/s1. The minimum absolute atomic E-state index is 0.376. The van der Waals surface area contributed by atoms with Crippen molar-refractivity contribution in [2.45, 2.75) is 38.6 Å². The highest BCUT2D eigenvalue weighted by molar-refractivity contribution is 5.94. The number of likely N-dealkylation sites (tertiary alicyclic amines) is 1. The average Bonchev–Trinajstić information content (AvgIpc) is 2.75. The molecule has 1 aliphatic rings. The summed E-state index contributed by atoms with van der Waals surface area (Å²) in [4.78, 5) is 14.5. The fourth-order valence-electron chi connectivity index (χ4n) is 3.80. The van der Waals surface area contributed by atoms with Gasteiger partial charge in [-0.15, -0.1) is 0 Å². The Morgan fingerprint density at radius 3 is 2.34 bits per heavy atom. The van der Waals surface area contributed by atoms with Crippen molar-refractivity contribution in [3.63, 3.8) is 0 Å². The van der Waals surface area contributed by atoms with Crippen molar-refractivity contribution in [1.82, 2.24) is 4.90 Å². The van der Waals surface area contributed by atoms with Crippen LogP contribution in [0.1, 0.15) is 31.7 Å². The molecule has 0 unspecified atom stereocenters. The monoisotopic (exact) mass is 402 g/mol. The van der Waals surface area contributed by atoms with Crippen LogP contribution in [-0.2, 0) is 11.2 Å². The Labute approximate surface area is 170 Å². The molecule has 0 aliphatic carbocycles. The number of amides is 1. The lowest BCUT2D eigenvalue weighted by Gasteiger charge is -2.35. The van der Waals surface area contributed by atoms with Gasteiger partial charge in [0.15, 0.2) is 0 Å². The lowest BCUT2D eigenvalue weighted by atomic mass is 9.90. The van der Waals surface area contributed by atoms with Gasteiger partial charge in [-0.05, 0) is 81.4 Å². The number of nitrogens with one attached hydrogen (secondary N) is 1. The van der Waals surface area contributed by atoms with Crippen LogP contribution in [0.3, 0.4) is 0 Å². The van der Waals surface area contributed by atoms with Gasteiger partial charge in [0.25, 0.3) is 0 Å². The summed E-state index contributed by atoms with van der Waals surface area (Å²) in [6.07, 6.45) is 4.17. The number of anilines is 1. The van der Waals surface area contributed by atoms with E-state index in [1.807, 2.05) is 12.1 Å². The van der Waals surface area contributed by atoms with Gasteiger partial charge in [-0.2, -0.15) is 0 Å². The van der Waals surface area contributed by atoms with Gasteiger partial charge in [0.05, 0.1) is 13.2 Å². The van der Waals surface area contributed by atoms with Gasteiger partial charge in [-0.25, -0.2) is 8.78 Å². The molecule has 156 valence electrons. The van der Waals surface area contributed by atoms with E-state index in [1.54, 1.807) is 14.0 Å². The third kappa shape index (κ3) is 5.54. The van der Waals surface area contributed by atoms with Crippen molar-refractivity contribution in [1.29, 1.82) is 0 Å². The van der Waals surface area contributed by atoms with Gasteiger partial charge in [0.1, 0.15) is 23.1 Å². The zero-order valence-corrected chi connectivity index (χ0v) is 17.0. The molecular formula is C23H28F2N2O2. The molecule has 1 saturated heterocycles. The van der Waals surface area contributed by atoms with Crippen molar-refractivity contribution in [3.8, 4) is 5.75 Å². The molecule has 0 aromatic heterocycles. The number of halogens is 2. The van der Waals surface area contributed by atoms with Gasteiger partial charge >= 0.3 is 0 Å². The molecular weight excluding hydrogens is 374 g/mol. The SMILES string of the molecule is COc1ccc(CCC2CCN([C@H](C)C(=O)Nc3c(F)cccc3F)CC2)cc1. The summed E-state index contributed by atoms with van der Waals surface area (Å²) >= 11 is 0. The second-order valence-electron chi connectivity index (χ2n) is 7.63. The number of para-hydroxylation sites is 1. The number of ether oxygens (including phenoxy) is 1. The molecule has 0 saturated carbocycles. The highest BCUT2D eigenvalue weighted by Crippen LogP contribution is 2.25. The second-order valence-corrected chi connectivity index (χ2v) is 7.63. The van der Waals surface area contributed by atoms with Crippen molar-refractivity contribution < 1.29 is 18.3 Å². The van der Waals surface area contributed by atoms with Crippen LogP contribution in [0.25, 0.3) is 0 Å². The van der Waals surface area contributed by atoms with E-state index >= 15 is 0 Å². The predicted octanol–water partition coefficient (Wildman–Crippen LogP) is 4.65. The maximum absolute atomic E-state index is 13.8. The Hall–Kier alpha value is -2.47. The van der Waals surface area contributed by atoms with Crippen LogP contribution >= 0.6 is 0 Å². The van der Waals surface area contributed by atoms with Crippen molar-refractivity contribution >= 4 is 11.6 Å². The Kier molecular flexibility index (Phi) is 7.20. The minimum atomic E-state index is -0.761. The van der Waals surface area contributed by atoms with E-state index in [0.717, 1.165) is 56.7 Å². The summed E-state index contributed by atoms with van der Waals surface area (Å²) in [6.45, 7) is 3.40. The molecule has 0 spiro atoms. The summed E-state index contributed by atoms with van der Waals surface area (Å²) in [5, 5.41) is 2.40. The maximum atomic E-state index is 13.8. The molecule has 1 aliphatic heterocycles. The molecule has 1 N–H and O–H groups in total. The number of aryl methyl sites for hydroxylation is 1. The van der Waals surface area contributed by atoms with E-state index < -0.39 is 17.7 Å². The fourth-order valence-corrected chi connectivity index (χ4v) is 3.80. The maximum Gasteiger partial charge on any atom is 0.241 e. The van der Waals surface area contributed by atoms with E-state index in [4.69, 9.17) is 4.74 Å². The van der Waals surface area contributed by atoms with Crippen molar-refractivity contribution in [2.75, 3.05) is 25.5 Å². The molecule has 3 rings (SSSR count). The van der Waals surface area contributed by atoms with Gasteiger partial charge in [0, 0.05) is 0 Å². The summed E-state index contributed by atoms with van der Waals surface area (Å²) < 4.78 is 32.7. The van der Waals surface area contributed by atoms with E-state index in [0.29, 0.717) is 5.92 Å². The summed E-state index contributed by atoms with van der Waals surface area (Å²) in [5.41, 5.74) is 0.923. The molecule has 1 atom stereocenters. The number of piperidine rings is 1. The van der Waals surface area contributed by atoms with Gasteiger partial charge in [-0.1, -0.05) is 18.2 Å². The average molecular weight is 402 g/mol. The highest BCUT2D eigenvalue weighted by atomic mass is 19.1. The molecule has 2 aromatic rings. The van der Waals surface area contributed by atoms with Crippen molar-refractivity contribution in [2.24, 2.45) is 5.92 Å². The number of hydrogen-bond donors (Lipinski definition) is 1. The first-order valence-corrected chi connectivity index (χ1v) is 10.1. The number of methoxy groups -OCH3 is 1.